The summed E-state index contributed by atoms with van der Waals surface area (Å²) >= 11 is 0. The molecule has 1 heterocycles. The zero-order valence-corrected chi connectivity index (χ0v) is 17.8. The van der Waals surface area contributed by atoms with Gasteiger partial charge in [-0.2, -0.15) is 0 Å². The van der Waals surface area contributed by atoms with Crippen LogP contribution in [-0.4, -0.2) is 57.4 Å². The van der Waals surface area contributed by atoms with E-state index in [2.05, 4.69) is 50.9 Å². The average molecular weight is 357 g/mol. The fourth-order valence-corrected chi connectivity index (χ4v) is 3.12. The summed E-state index contributed by atoms with van der Waals surface area (Å²) in [6.45, 7) is 16.8. The lowest BCUT2D eigenvalue weighted by atomic mass is 9.95. The van der Waals surface area contributed by atoms with Gasteiger partial charge in [0.15, 0.2) is 0 Å². The third-order valence-electron chi connectivity index (χ3n) is 4.33. The molecule has 2 atom stereocenters. The fraction of sp³-hybridized carbons (Fsp3) is 0.905. The molecule has 4 heteroatoms. The predicted octanol–water partition coefficient (Wildman–Crippen LogP) is 4.46. The molecule has 0 radical (unpaired) electrons. The number of allylic oxidation sites excluding steroid dienone is 2. The molecule has 0 aromatic heterocycles. The maximum absolute atomic E-state index is 6.29. The number of nitrogens with one attached hydrogen (secondary N) is 1. The molecule has 1 rings (SSSR count). The first-order valence-corrected chi connectivity index (χ1v) is 10.4. The highest BCUT2D eigenvalue weighted by Gasteiger charge is 2.19. The molecule has 0 aliphatic carbocycles. The van der Waals surface area contributed by atoms with Crippen molar-refractivity contribution in [2.75, 3.05) is 46.4 Å². The lowest BCUT2D eigenvalue weighted by Crippen LogP contribution is -2.37. The van der Waals surface area contributed by atoms with E-state index < -0.39 is 0 Å². The summed E-state index contributed by atoms with van der Waals surface area (Å²) in [6.07, 6.45) is 8.32. The van der Waals surface area contributed by atoms with Crippen molar-refractivity contribution < 1.29 is 9.47 Å². The molecule has 150 valence electrons. The Bertz CT molecular complexity index is 315. The van der Waals surface area contributed by atoms with E-state index >= 15 is 0 Å². The van der Waals surface area contributed by atoms with Gasteiger partial charge in [-0.3, -0.25) is 4.90 Å². The summed E-state index contributed by atoms with van der Waals surface area (Å²) in [5, 5.41) is 3.49. The van der Waals surface area contributed by atoms with Crippen molar-refractivity contribution >= 4 is 0 Å². The molecular formula is C21H44N2O2. The predicted molar refractivity (Wildman–Crippen MR) is 109 cm³/mol. The zero-order chi connectivity index (χ0) is 18.9. The van der Waals surface area contributed by atoms with Crippen LogP contribution in [0.15, 0.2) is 11.8 Å². The van der Waals surface area contributed by atoms with E-state index in [0.717, 1.165) is 44.9 Å². The Hall–Kier alpha value is -0.580. The molecule has 1 saturated heterocycles. The van der Waals surface area contributed by atoms with Crippen LogP contribution in [0.1, 0.15) is 66.7 Å². The molecule has 2 unspecified atom stereocenters. The number of methoxy groups -OCH3 is 1. The Morgan fingerprint density at radius 3 is 2.48 bits per heavy atom. The Labute approximate surface area is 157 Å². The highest BCUT2D eigenvalue weighted by molar-refractivity contribution is 4.95. The Kier molecular flexibility index (Phi) is 16.5. The summed E-state index contributed by atoms with van der Waals surface area (Å²) < 4.78 is 11.7. The van der Waals surface area contributed by atoms with Gasteiger partial charge < -0.3 is 14.8 Å². The molecular weight excluding hydrogens is 312 g/mol. The average Bonchev–Trinajstić information content (AvgIpc) is 2.62. The standard InChI is InChI=1S/C18H36N2O2.C3H8/c1-5-11-20(7-3)14-18(15-21-4)22-17(6-2)12-16-9-8-10-19-13-16;1-3-2/h6,16,18-19H,5,7-15H2,1-4H3;3H2,1-2H3/b17-6+;. The van der Waals surface area contributed by atoms with Crippen molar-refractivity contribution in [3.8, 4) is 0 Å². The smallest absolute Gasteiger partial charge is 0.134 e. The maximum Gasteiger partial charge on any atom is 0.134 e. The van der Waals surface area contributed by atoms with Gasteiger partial charge in [-0.15, -0.1) is 0 Å². The highest BCUT2D eigenvalue weighted by Crippen LogP contribution is 2.21. The monoisotopic (exact) mass is 356 g/mol. The number of rotatable bonds is 11. The minimum Gasteiger partial charge on any atom is -0.491 e. The second-order valence-electron chi connectivity index (χ2n) is 6.97. The normalized spacial score (nSPS) is 19.3. The van der Waals surface area contributed by atoms with Crippen LogP contribution >= 0.6 is 0 Å². The summed E-state index contributed by atoms with van der Waals surface area (Å²) in [5.41, 5.74) is 0. The highest BCUT2D eigenvalue weighted by atomic mass is 16.5. The lowest BCUT2D eigenvalue weighted by Gasteiger charge is -2.29. The summed E-state index contributed by atoms with van der Waals surface area (Å²) in [5.74, 6) is 1.84. The fourth-order valence-electron chi connectivity index (χ4n) is 3.12. The molecule has 25 heavy (non-hydrogen) atoms. The topological polar surface area (TPSA) is 33.7 Å². The van der Waals surface area contributed by atoms with Crippen molar-refractivity contribution in [3.05, 3.63) is 11.8 Å². The minimum atomic E-state index is 0.124. The van der Waals surface area contributed by atoms with Crippen LogP contribution in [0, 0.1) is 5.92 Å². The zero-order valence-electron chi connectivity index (χ0n) is 17.8. The van der Waals surface area contributed by atoms with Gasteiger partial charge in [0.05, 0.1) is 12.4 Å². The molecule has 0 saturated carbocycles. The SMILES string of the molecule is C/C=C(\CC1CCCNC1)OC(COC)CN(CC)CCC.CCC. The molecule has 0 aromatic carbocycles. The lowest BCUT2D eigenvalue weighted by molar-refractivity contribution is 0.00879. The number of hydrogen-bond acceptors (Lipinski definition) is 4. The number of ether oxygens (including phenoxy) is 2. The second-order valence-corrected chi connectivity index (χ2v) is 6.97. The van der Waals surface area contributed by atoms with E-state index in [1.165, 1.54) is 25.7 Å². The van der Waals surface area contributed by atoms with Gasteiger partial charge in [0, 0.05) is 20.1 Å². The Morgan fingerprint density at radius 2 is 2.00 bits per heavy atom. The number of nitrogens with zero attached hydrogens (tertiary/aromatic N) is 1. The van der Waals surface area contributed by atoms with Crippen LogP contribution in [0.3, 0.4) is 0 Å². The van der Waals surface area contributed by atoms with Crippen molar-refractivity contribution in [1.82, 2.24) is 10.2 Å². The van der Waals surface area contributed by atoms with Crippen molar-refractivity contribution in [3.63, 3.8) is 0 Å². The number of piperidine rings is 1. The summed E-state index contributed by atoms with van der Waals surface area (Å²) in [6, 6.07) is 0. The number of likely N-dealkylation sites (N-methyl/N-ethyl adjacent to an activating group) is 1. The van der Waals surface area contributed by atoms with Crippen LogP contribution in [-0.2, 0) is 9.47 Å². The molecule has 4 nitrogen and oxygen atoms in total. The molecule has 0 amide bonds. The molecule has 0 bridgehead atoms. The second kappa shape index (κ2) is 16.9. The van der Waals surface area contributed by atoms with E-state index in [4.69, 9.17) is 9.47 Å². The van der Waals surface area contributed by atoms with Gasteiger partial charge in [0.1, 0.15) is 6.10 Å². The van der Waals surface area contributed by atoms with Gasteiger partial charge in [0.25, 0.3) is 0 Å². The Balaban J connectivity index is 0.00000178. The summed E-state index contributed by atoms with van der Waals surface area (Å²) in [4.78, 5) is 2.44. The van der Waals surface area contributed by atoms with Crippen molar-refractivity contribution in [2.24, 2.45) is 5.92 Å². The van der Waals surface area contributed by atoms with Crippen molar-refractivity contribution in [1.29, 1.82) is 0 Å². The van der Waals surface area contributed by atoms with Crippen LogP contribution in [0.25, 0.3) is 0 Å². The third-order valence-corrected chi connectivity index (χ3v) is 4.33. The molecule has 0 aromatic rings. The molecule has 0 spiro atoms. The van der Waals surface area contributed by atoms with E-state index in [1.807, 2.05) is 0 Å². The first-order chi connectivity index (χ1) is 12.1. The molecule has 1 N–H and O–H groups in total. The van der Waals surface area contributed by atoms with E-state index in [-0.39, 0.29) is 6.10 Å². The van der Waals surface area contributed by atoms with Gasteiger partial charge in [-0.25, -0.2) is 0 Å². The summed E-state index contributed by atoms with van der Waals surface area (Å²) in [7, 11) is 1.76. The van der Waals surface area contributed by atoms with Gasteiger partial charge in [-0.1, -0.05) is 34.1 Å². The van der Waals surface area contributed by atoms with E-state index in [9.17, 15) is 0 Å². The first-order valence-electron chi connectivity index (χ1n) is 10.4. The largest absolute Gasteiger partial charge is 0.491 e. The first kappa shape index (κ1) is 24.4. The van der Waals surface area contributed by atoms with Crippen LogP contribution in [0.2, 0.25) is 0 Å². The van der Waals surface area contributed by atoms with E-state index in [0.29, 0.717) is 12.5 Å². The maximum atomic E-state index is 6.29. The molecule has 1 aliphatic heterocycles. The van der Waals surface area contributed by atoms with Gasteiger partial charge in [0.2, 0.25) is 0 Å². The minimum absolute atomic E-state index is 0.124. The van der Waals surface area contributed by atoms with E-state index in [1.54, 1.807) is 7.11 Å². The molecule has 1 fully saturated rings. The van der Waals surface area contributed by atoms with Crippen molar-refractivity contribution in [2.45, 2.75) is 72.8 Å². The Morgan fingerprint density at radius 1 is 1.28 bits per heavy atom. The van der Waals surface area contributed by atoms with Gasteiger partial charge >= 0.3 is 0 Å². The number of hydrogen-bond donors (Lipinski definition) is 1. The molecule has 1 aliphatic rings. The van der Waals surface area contributed by atoms with Crippen LogP contribution in [0.4, 0.5) is 0 Å². The quantitative estimate of drug-likeness (QED) is 0.554. The van der Waals surface area contributed by atoms with Crippen LogP contribution < -0.4 is 5.32 Å². The third kappa shape index (κ3) is 12.4. The van der Waals surface area contributed by atoms with Gasteiger partial charge in [-0.05, 0) is 64.4 Å². The van der Waals surface area contributed by atoms with Crippen LogP contribution in [0.5, 0.6) is 0 Å².